The fourth-order valence-corrected chi connectivity index (χ4v) is 4.30. The largest absolute Gasteiger partial charge is 0.494 e. The number of carbonyl (C=O) groups is 1. The molecule has 190 valence electrons. The van der Waals surface area contributed by atoms with Gasteiger partial charge in [0.25, 0.3) is 5.91 Å². The fourth-order valence-electron chi connectivity index (χ4n) is 4.30. The molecule has 0 unspecified atom stereocenters. The summed E-state index contributed by atoms with van der Waals surface area (Å²) < 4.78 is 12.5. The molecule has 36 heavy (non-hydrogen) atoms. The lowest BCUT2D eigenvalue weighted by atomic mass is 10.2. The van der Waals surface area contributed by atoms with E-state index in [0.717, 1.165) is 31.9 Å². The summed E-state index contributed by atoms with van der Waals surface area (Å²) in [6.45, 7) is 6.24. The Kier molecular flexibility index (Phi) is 6.87. The minimum atomic E-state index is -0.0244. The monoisotopic (exact) mass is 493 g/mol. The first-order valence-electron chi connectivity index (χ1n) is 12.0. The van der Waals surface area contributed by atoms with Crippen LogP contribution in [-0.4, -0.2) is 102 Å². The third kappa shape index (κ3) is 5.04. The van der Waals surface area contributed by atoms with Crippen molar-refractivity contribution in [3.05, 3.63) is 42.1 Å². The van der Waals surface area contributed by atoms with Crippen molar-refractivity contribution in [2.45, 2.75) is 0 Å². The number of nitrogens with one attached hydrogen (secondary N) is 1. The Morgan fingerprint density at radius 2 is 1.86 bits per heavy atom. The smallest absolute Gasteiger partial charge is 0.255 e. The number of hydrogen-bond donors (Lipinski definition) is 2. The second-order valence-electron chi connectivity index (χ2n) is 8.81. The van der Waals surface area contributed by atoms with E-state index in [1.807, 2.05) is 23.1 Å². The van der Waals surface area contributed by atoms with Crippen molar-refractivity contribution in [1.82, 2.24) is 29.5 Å². The van der Waals surface area contributed by atoms with Crippen molar-refractivity contribution in [3.63, 3.8) is 0 Å². The number of carbonyl (C=O) groups excluding carboxylic acids is 1. The van der Waals surface area contributed by atoms with Crippen molar-refractivity contribution in [2.75, 3.05) is 82.6 Å². The van der Waals surface area contributed by atoms with Crippen LogP contribution in [0.15, 0.2) is 36.5 Å². The van der Waals surface area contributed by atoms with Crippen LogP contribution in [-0.2, 0) is 4.74 Å². The lowest BCUT2D eigenvalue weighted by Gasteiger charge is -2.32. The number of likely N-dealkylation sites (N-methyl/N-ethyl adjacent to an activating group) is 1. The first kappa shape index (κ1) is 23.8. The van der Waals surface area contributed by atoms with Crippen LogP contribution in [0.4, 0.5) is 23.3 Å². The van der Waals surface area contributed by atoms with Gasteiger partial charge in [-0.25, -0.2) is 4.98 Å². The van der Waals surface area contributed by atoms with Gasteiger partial charge in [-0.1, -0.05) is 0 Å². The van der Waals surface area contributed by atoms with Gasteiger partial charge in [0.1, 0.15) is 5.75 Å². The number of methoxy groups -OCH3 is 1. The minimum Gasteiger partial charge on any atom is -0.494 e. The molecule has 3 aromatic rings. The number of nitrogens with zero attached hydrogens (tertiary/aromatic N) is 7. The molecule has 0 bridgehead atoms. The van der Waals surface area contributed by atoms with E-state index in [4.69, 9.17) is 15.2 Å². The molecular weight excluding hydrogens is 462 g/mol. The van der Waals surface area contributed by atoms with Crippen LogP contribution >= 0.6 is 0 Å². The number of amides is 1. The first-order chi connectivity index (χ1) is 17.5. The maximum absolute atomic E-state index is 12.8. The van der Waals surface area contributed by atoms with E-state index in [-0.39, 0.29) is 11.9 Å². The summed E-state index contributed by atoms with van der Waals surface area (Å²) >= 11 is 0. The van der Waals surface area contributed by atoms with E-state index >= 15 is 0 Å². The number of aromatic nitrogens is 4. The molecule has 12 nitrogen and oxygen atoms in total. The second kappa shape index (κ2) is 10.4. The molecule has 4 heterocycles. The number of rotatable bonds is 6. The Labute approximate surface area is 209 Å². The second-order valence-corrected chi connectivity index (χ2v) is 8.81. The SMILES string of the molecule is COc1cc(N2CCOCC2)ccc1Nc1nc(N)n(-c2ccc(C(=O)N3CCN(C)CC3)cn2)n1. The van der Waals surface area contributed by atoms with Gasteiger partial charge in [0.2, 0.25) is 11.9 Å². The van der Waals surface area contributed by atoms with Crippen molar-refractivity contribution in [3.8, 4) is 11.6 Å². The third-order valence-corrected chi connectivity index (χ3v) is 6.44. The maximum Gasteiger partial charge on any atom is 0.255 e. The number of hydrogen-bond acceptors (Lipinski definition) is 10. The topological polar surface area (TPSA) is 127 Å². The summed E-state index contributed by atoms with van der Waals surface area (Å²) in [5, 5.41) is 7.64. The summed E-state index contributed by atoms with van der Waals surface area (Å²) in [6, 6.07) is 9.39. The Bertz CT molecular complexity index is 1200. The van der Waals surface area contributed by atoms with Crippen LogP contribution in [0, 0.1) is 0 Å². The number of piperazine rings is 1. The van der Waals surface area contributed by atoms with Crippen LogP contribution in [0.5, 0.6) is 5.75 Å². The highest BCUT2D eigenvalue weighted by Gasteiger charge is 2.21. The molecule has 1 amide bonds. The normalized spacial score (nSPS) is 16.7. The number of nitrogens with two attached hydrogens (primary N) is 1. The molecule has 1 aromatic carbocycles. The van der Waals surface area contributed by atoms with Crippen LogP contribution in [0.3, 0.4) is 0 Å². The number of morpholine rings is 1. The van der Waals surface area contributed by atoms with Gasteiger partial charge in [-0.2, -0.15) is 9.67 Å². The van der Waals surface area contributed by atoms with Gasteiger partial charge in [-0.05, 0) is 31.3 Å². The zero-order valence-corrected chi connectivity index (χ0v) is 20.6. The lowest BCUT2D eigenvalue weighted by Crippen LogP contribution is -2.47. The fraction of sp³-hybridized carbons (Fsp3) is 0.417. The molecule has 5 rings (SSSR count). The predicted octanol–water partition coefficient (Wildman–Crippen LogP) is 1.22. The Hall–Kier alpha value is -3.90. The standard InChI is InChI=1S/C24H31N9O3/c1-30-7-9-32(10-8-30)22(34)17-3-6-21(26-16-17)33-23(25)28-24(29-33)27-19-5-4-18(15-20(19)35-2)31-11-13-36-14-12-31/h3-6,15-16H,7-14H2,1-2H3,(H3,25,27,28,29). The minimum absolute atomic E-state index is 0.0244. The van der Waals surface area contributed by atoms with Crippen LogP contribution < -0.4 is 20.7 Å². The van der Waals surface area contributed by atoms with E-state index in [1.165, 1.54) is 4.68 Å². The molecule has 2 aliphatic heterocycles. The Morgan fingerprint density at radius 3 is 2.56 bits per heavy atom. The molecule has 0 saturated carbocycles. The van der Waals surface area contributed by atoms with Crippen molar-refractivity contribution >= 4 is 29.2 Å². The van der Waals surface area contributed by atoms with Gasteiger partial charge in [-0.15, -0.1) is 5.10 Å². The van der Waals surface area contributed by atoms with Gasteiger partial charge < -0.3 is 35.2 Å². The van der Waals surface area contributed by atoms with Crippen LogP contribution in [0.2, 0.25) is 0 Å². The zero-order chi connectivity index (χ0) is 25.1. The van der Waals surface area contributed by atoms with E-state index in [0.29, 0.717) is 55.1 Å². The average Bonchev–Trinajstić information content (AvgIpc) is 3.29. The molecular formula is C24H31N9O3. The van der Waals surface area contributed by atoms with Gasteiger partial charge in [0.05, 0.1) is 31.6 Å². The Balaban J connectivity index is 1.29. The van der Waals surface area contributed by atoms with Crippen molar-refractivity contribution < 1.29 is 14.3 Å². The third-order valence-electron chi connectivity index (χ3n) is 6.44. The number of ether oxygens (including phenoxy) is 2. The van der Waals surface area contributed by atoms with Crippen molar-refractivity contribution in [2.24, 2.45) is 0 Å². The molecule has 2 saturated heterocycles. The van der Waals surface area contributed by atoms with Gasteiger partial charge >= 0.3 is 0 Å². The molecule has 0 aliphatic carbocycles. The molecule has 2 aliphatic rings. The highest BCUT2D eigenvalue weighted by atomic mass is 16.5. The van der Waals surface area contributed by atoms with E-state index in [2.05, 4.69) is 37.2 Å². The molecule has 12 heteroatoms. The summed E-state index contributed by atoms with van der Waals surface area (Å²) in [5.41, 5.74) is 8.44. The van der Waals surface area contributed by atoms with Crippen LogP contribution in [0.1, 0.15) is 10.4 Å². The highest BCUT2D eigenvalue weighted by molar-refractivity contribution is 5.94. The molecule has 0 atom stereocenters. The predicted molar refractivity (Wildman–Crippen MR) is 136 cm³/mol. The number of nitrogen functional groups attached to an aromatic ring is 1. The Morgan fingerprint density at radius 1 is 1.08 bits per heavy atom. The van der Waals surface area contributed by atoms with Crippen molar-refractivity contribution in [1.29, 1.82) is 0 Å². The average molecular weight is 494 g/mol. The molecule has 2 aromatic heterocycles. The maximum atomic E-state index is 12.8. The van der Waals surface area contributed by atoms with E-state index < -0.39 is 0 Å². The quantitative estimate of drug-likeness (QED) is 0.517. The van der Waals surface area contributed by atoms with Crippen LogP contribution in [0.25, 0.3) is 5.82 Å². The molecule has 0 radical (unpaired) electrons. The first-order valence-corrected chi connectivity index (χ1v) is 12.0. The number of benzene rings is 1. The highest BCUT2D eigenvalue weighted by Crippen LogP contribution is 2.32. The molecule has 2 fully saturated rings. The summed E-state index contributed by atoms with van der Waals surface area (Å²) in [5.74, 6) is 1.59. The number of pyridine rings is 1. The molecule has 3 N–H and O–H groups in total. The molecule has 0 spiro atoms. The van der Waals surface area contributed by atoms with Gasteiger partial charge in [0.15, 0.2) is 5.82 Å². The van der Waals surface area contributed by atoms with Gasteiger partial charge in [-0.3, -0.25) is 4.79 Å². The van der Waals surface area contributed by atoms with E-state index in [9.17, 15) is 4.79 Å². The lowest BCUT2D eigenvalue weighted by molar-refractivity contribution is 0.0663. The number of anilines is 4. The van der Waals surface area contributed by atoms with E-state index in [1.54, 1.807) is 25.4 Å². The summed E-state index contributed by atoms with van der Waals surface area (Å²) in [6.07, 6.45) is 1.55. The summed E-state index contributed by atoms with van der Waals surface area (Å²) in [7, 11) is 3.68. The summed E-state index contributed by atoms with van der Waals surface area (Å²) in [4.78, 5) is 27.8. The zero-order valence-electron chi connectivity index (χ0n) is 20.6. The van der Waals surface area contributed by atoms with Gasteiger partial charge in [0, 0.05) is 57.2 Å².